The normalized spacial score (nSPS) is 13.1. The van der Waals surface area contributed by atoms with Gasteiger partial charge in [-0.1, -0.05) is 45.7 Å². The standard InChI is InChI=1S/C5H9BrO2.C4H7BrO2/c1-3-4(6)5(7)8-2;1-2-3(5)4(6)7/h4H,3H2,1-2H3;3H,2H2,1H3,(H,6,7). The summed E-state index contributed by atoms with van der Waals surface area (Å²) in [7, 11) is 1.38. The Bertz CT molecular complexity index is 197. The van der Waals surface area contributed by atoms with Gasteiger partial charge in [-0.2, -0.15) is 0 Å². The number of rotatable bonds is 4. The molecule has 0 aromatic heterocycles. The summed E-state index contributed by atoms with van der Waals surface area (Å²) in [5, 5.41) is 8.14. The number of carboxylic acids is 1. The molecule has 0 heterocycles. The Labute approximate surface area is 107 Å². The van der Waals surface area contributed by atoms with Gasteiger partial charge in [0, 0.05) is 0 Å². The van der Waals surface area contributed by atoms with E-state index in [2.05, 4.69) is 36.6 Å². The van der Waals surface area contributed by atoms with E-state index in [4.69, 9.17) is 5.11 Å². The first-order chi connectivity index (χ1) is 6.90. The van der Waals surface area contributed by atoms with E-state index in [1.807, 2.05) is 13.8 Å². The fourth-order valence-electron chi connectivity index (χ4n) is 0.469. The summed E-state index contributed by atoms with van der Waals surface area (Å²) in [5.74, 6) is -0.991. The first kappa shape index (κ1) is 17.3. The summed E-state index contributed by atoms with van der Waals surface area (Å²) in [4.78, 5) is 19.9. The Morgan fingerprint density at radius 2 is 1.60 bits per heavy atom. The van der Waals surface area contributed by atoms with E-state index in [1.165, 1.54) is 7.11 Å². The Hall–Kier alpha value is -0.100. The van der Waals surface area contributed by atoms with E-state index in [9.17, 15) is 9.59 Å². The van der Waals surface area contributed by atoms with Gasteiger partial charge in [0.2, 0.25) is 0 Å². The van der Waals surface area contributed by atoms with E-state index in [-0.39, 0.29) is 15.6 Å². The lowest BCUT2D eigenvalue weighted by Crippen LogP contribution is -2.13. The average molecular weight is 348 g/mol. The van der Waals surface area contributed by atoms with Gasteiger partial charge in [0.05, 0.1) is 7.11 Å². The van der Waals surface area contributed by atoms with Gasteiger partial charge in [0.15, 0.2) is 0 Å². The van der Waals surface area contributed by atoms with Crippen molar-refractivity contribution in [1.82, 2.24) is 0 Å². The zero-order chi connectivity index (χ0) is 12.4. The van der Waals surface area contributed by atoms with Crippen LogP contribution in [-0.2, 0) is 14.3 Å². The number of esters is 1. The zero-order valence-electron chi connectivity index (χ0n) is 9.00. The molecule has 0 aliphatic carbocycles. The maximum atomic E-state index is 10.5. The smallest absolute Gasteiger partial charge is 0.319 e. The molecule has 0 aliphatic heterocycles. The zero-order valence-corrected chi connectivity index (χ0v) is 12.2. The summed E-state index contributed by atoms with van der Waals surface area (Å²) < 4.78 is 4.42. The molecule has 0 aromatic carbocycles. The molecule has 0 rings (SSSR count). The predicted octanol–water partition coefficient (Wildman–Crippen LogP) is 2.58. The number of halogens is 2. The van der Waals surface area contributed by atoms with Crippen LogP contribution in [-0.4, -0.2) is 33.8 Å². The van der Waals surface area contributed by atoms with Crippen molar-refractivity contribution in [3.63, 3.8) is 0 Å². The highest BCUT2D eigenvalue weighted by molar-refractivity contribution is 9.10. The minimum atomic E-state index is -0.789. The monoisotopic (exact) mass is 346 g/mol. The summed E-state index contributed by atoms with van der Waals surface area (Å²) in [6.45, 7) is 3.73. The number of carbonyl (C=O) groups is 2. The largest absolute Gasteiger partial charge is 0.480 e. The molecule has 90 valence electrons. The number of hydrogen-bond donors (Lipinski definition) is 1. The van der Waals surface area contributed by atoms with Gasteiger partial charge < -0.3 is 9.84 Å². The van der Waals surface area contributed by atoms with Crippen molar-refractivity contribution >= 4 is 43.8 Å². The van der Waals surface area contributed by atoms with Crippen molar-refractivity contribution in [2.24, 2.45) is 0 Å². The van der Waals surface area contributed by atoms with Crippen LogP contribution >= 0.6 is 31.9 Å². The first-order valence-corrected chi connectivity index (χ1v) is 6.32. The van der Waals surface area contributed by atoms with Crippen molar-refractivity contribution < 1.29 is 19.4 Å². The molecule has 0 aromatic rings. The van der Waals surface area contributed by atoms with Crippen LogP contribution in [0.3, 0.4) is 0 Å². The molecule has 0 spiro atoms. The van der Waals surface area contributed by atoms with Crippen LogP contribution in [0.4, 0.5) is 0 Å². The molecule has 0 saturated carbocycles. The van der Waals surface area contributed by atoms with E-state index in [0.29, 0.717) is 6.42 Å². The van der Waals surface area contributed by atoms with Crippen LogP contribution in [0.5, 0.6) is 0 Å². The molecule has 4 nitrogen and oxygen atoms in total. The molecule has 0 amide bonds. The van der Waals surface area contributed by atoms with E-state index in [0.717, 1.165) is 6.42 Å². The van der Waals surface area contributed by atoms with Crippen molar-refractivity contribution in [2.75, 3.05) is 7.11 Å². The molecule has 15 heavy (non-hydrogen) atoms. The van der Waals surface area contributed by atoms with Crippen LogP contribution in [0.2, 0.25) is 0 Å². The lowest BCUT2D eigenvalue weighted by atomic mass is 10.3. The van der Waals surface area contributed by atoms with Crippen molar-refractivity contribution in [3.8, 4) is 0 Å². The molecule has 0 aliphatic rings. The number of carbonyl (C=O) groups excluding carboxylic acids is 1. The van der Waals surface area contributed by atoms with Gasteiger partial charge in [-0.25, -0.2) is 0 Å². The van der Waals surface area contributed by atoms with Crippen molar-refractivity contribution in [1.29, 1.82) is 0 Å². The number of aliphatic carboxylic acids is 1. The minimum Gasteiger partial charge on any atom is -0.480 e. The second-order valence-corrected chi connectivity index (χ2v) is 4.82. The average Bonchev–Trinajstić information content (AvgIpc) is 2.26. The van der Waals surface area contributed by atoms with E-state index < -0.39 is 5.97 Å². The maximum absolute atomic E-state index is 10.5. The van der Waals surface area contributed by atoms with Gasteiger partial charge in [-0.05, 0) is 12.8 Å². The quantitative estimate of drug-likeness (QED) is 0.627. The van der Waals surface area contributed by atoms with Crippen LogP contribution in [0.15, 0.2) is 0 Å². The number of alkyl halides is 2. The topological polar surface area (TPSA) is 63.6 Å². The van der Waals surface area contributed by atoms with Gasteiger partial charge in [0.1, 0.15) is 9.65 Å². The van der Waals surface area contributed by atoms with Gasteiger partial charge in [-0.15, -0.1) is 0 Å². The first-order valence-electron chi connectivity index (χ1n) is 4.49. The Kier molecular flexibility index (Phi) is 12.0. The maximum Gasteiger partial charge on any atom is 0.319 e. The van der Waals surface area contributed by atoms with Crippen molar-refractivity contribution in [2.45, 2.75) is 36.3 Å². The van der Waals surface area contributed by atoms with Crippen LogP contribution in [0, 0.1) is 0 Å². The molecule has 6 heteroatoms. The lowest BCUT2D eigenvalue weighted by molar-refractivity contribution is -0.140. The number of carboxylic acid groups (broad SMARTS) is 1. The Balaban J connectivity index is 0. The molecule has 0 bridgehead atoms. The number of methoxy groups -OCH3 is 1. The molecular formula is C9H16Br2O4. The van der Waals surface area contributed by atoms with Gasteiger partial charge >= 0.3 is 11.9 Å². The second kappa shape index (κ2) is 10.4. The minimum absolute atomic E-state index is 0.132. The second-order valence-electron chi connectivity index (χ2n) is 2.61. The fraction of sp³-hybridized carbons (Fsp3) is 0.778. The van der Waals surface area contributed by atoms with Crippen LogP contribution in [0.25, 0.3) is 0 Å². The fourth-order valence-corrected chi connectivity index (χ4v) is 0.656. The van der Waals surface area contributed by atoms with E-state index in [1.54, 1.807) is 0 Å². The Morgan fingerprint density at radius 3 is 1.67 bits per heavy atom. The highest BCUT2D eigenvalue weighted by Crippen LogP contribution is 2.04. The highest BCUT2D eigenvalue weighted by atomic mass is 79.9. The van der Waals surface area contributed by atoms with Gasteiger partial charge in [0.25, 0.3) is 0 Å². The molecule has 0 saturated heterocycles. The summed E-state index contributed by atoms with van der Waals surface area (Å²) in [6.07, 6.45) is 1.40. The molecule has 0 fully saturated rings. The third-order valence-electron chi connectivity index (χ3n) is 1.44. The SMILES string of the molecule is CCC(Br)C(=O)O.CCC(Br)C(=O)OC. The van der Waals surface area contributed by atoms with Crippen LogP contribution < -0.4 is 0 Å². The summed E-state index contributed by atoms with van der Waals surface area (Å²) in [6, 6.07) is 0. The van der Waals surface area contributed by atoms with E-state index >= 15 is 0 Å². The highest BCUT2D eigenvalue weighted by Gasteiger charge is 2.10. The predicted molar refractivity (Wildman–Crippen MR) is 65.7 cm³/mol. The lowest BCUT2D eigenvalue weighted by Gasteiger charge is -2.00. The molecule has 2 unspecified atom stereocenters. The molecular weight excluding hydrogens is 332 g/mol. The number of ether oxygens (including phenoxy) is 1. The van der Waals surface area contributed by atoms with Crippen LogP contribution in [0.1, 0.15) is 26.7 Å². The summed E-state index contributed by atoms with van der Waals surface area (Å²) in [5.41, 5.74) is 0. The molecule has 1 N–H and O–H groups in total. The van der Waals surface area contributed by atoms with Gasteiger partial charge in [-0.3, -0.25) is 9.59 Å². The Morgan fingerprint density at radius 1 is 1.20 bits per heavy atom. The molecule has 0 radical (unpaired) electrons. The third kappa shape index (κ3) is 10.2. The third-order valence-corrected chi connectivity index (χ3v) is 3.50. The van der Waals surface area contributed by atoms with Crippen molar-refractivity contribution in [3.05, 3.63) is 0 Å². The summed E-state index contributed by atoms with van der Waals surface area (Å²) >= 11 is 6.07. The number of hydrogen-bond acceptors (Lipinski definition) is 3. The molecule has 2 atom stereocenters.